The summed E-state index contributed by atoms with van der Waals surface area (Å²) in [5, 5.41) is 10.7. The fraction of sp³-hybridized carbons (Fsp3) is 0.0526. The zero-order valence-electron chi connectivity index (χ0n) is 13.9. The summed E-state index contributed by atoms with van der Waals surface area (Å²) >= 11 is 4.18. The number of carbonyl (C=O) groups is 2. The van der Waals surface area contributed by atoms with E-state index in [1.54, 1.807) is 30.4 Å². The highest BCUT2D eigenvalue weighted by atomic mass is 79.9. The molecular weight excluding hydrogens is 432 g/mol. The molecule has 0 spiro atoms. The number of rotatable bonds is 5. The van der Waals surface area contributed by atoms with Crippen LogP contribution in [0.5, 0.6) is 0 Å². The number of amides is 2. The Bertz CT molecular complexity index is 970. The molecule has 0 radical (unpaired) electrons. The SMILES string of the molecule is O=C1S/C(=C\C=C\c2ccc(Br)cc2)C(=O)N1Cc1ccccc1[N+](=O)[O-]. The van der Waals surface area contributed by atoms with Crippen LogP contribution in [0.3, 0.4) is 0 Å². The van der Waals surface area contributed by atoms with Crippen molar-refractivity contribution in [2.45, 2.75) is 6.54 Å². The van der Waals surface area contributed by atoms with Gasteiger partial charge < -0.3 is 0 Å². The number of carbonyl (C=O) groups excluding carboxylic acids is 2. The van der Waals surface area contributed by atoms with Gasteiger partial charge in [0.1, 0.15) is 0 Å². The van der Waals surface area contributed by atoms with Crippen LogP contribution in [0, 0.1) is 10.1 Å². The third-order valence-corrected chi connectivity index (χ3v) is 5.25. The lowest BCUT2D eigenvalue weighted by Gasteiger charge is -2.12. The molecule has 0 saturated carbocycles. The van der Waals surface area contributed by atoms with Crippen molar-refractivity contribution in [1.82, 2.24) is 4.90 Å². The summed E-state index contributed by atoms with van der Waals surface area (Å²) in [7, 11) is 0. The zero-order valence-corrected chi connectivity index (χ0v) is 16.3. The van der Waals surface area contributed by atoms with Crippen LogP contribution < -0.4 is 0 Å². The van der Waals surface area contributed by atoms with Crippen molar-refractivity contribution >= 4 is 50.6 Å². The second kappa shape index (κ2) is 8.32. The highest BCUT2D eigenvalue weighted by Crippen LogP contribution is 2.33. The normalized spacial score (nSPS) is 15.9. The van der Waals surface area contributed by atoms with E-state index in [-0.39, 0.29) is 17.1 Å². The van der Waals surface area contributed by atoms with Crippen LogP contribution in [-0.2, 0) is 11.3 Å². The van der Waals surface area contributed by atoms with E-state index >= 15 is 0 Å². The molecule has 2 aromatic rings. The van der Waals surface area contributed by atoms with E-state index in [0.717, 1.165) is 26.7 Å². The van der Waals surface area contributed by atoms with Gasteiger partial charge in [-0.05, 0) is 35.5 Å². The number of benzene rings is 2. The monoisotopic (exact) mass is 444 g/mol. The van der Waals surface area contributed by atoms with Crippen LogP contribution in [0.25, 0.3) is 6.08 Å². The molecule has 1 heterocycles. The van der Waals surface area contributed by atoms with Crippen molar-refractivity contribution in [2.24, 2.45) is 0 Å². The first-order valence-electron chi connectivity index (χ1n) is 7.85. The summed E-state index contributed by atoms with van der Waals surface area (Å²) in [4.78, 5) is 36.6. The lowest BCUT2D eigenvalue weighted by molar-refractivity contribution is -0.385. The second-order valence-electron chi connectivity index (χ2n) is 5.59. The largest absolute Gasteiger partial charge is 0.293 e. The molecule has 0 bridgehead atoms. The number of halogens is 1. The average molecular weight is 445 g/mol. The van der Waals surface area contributed by atoms with Crippen molar-refractivity contribution in [3.8, 4) is 0 Å². The second-order valence-corrected chi connectivity index (χ2v) is 7.50. The number of allylic oxidation sites excluding steroid dienone is 2. The van der Waals surface area contributed by atoms with Crippen LogP contribution in [0.1, 0.15) is 11.1 Å². The number of nitro benzene ring substituents is 1. The smallest absolute Gasteiger partial charge is 0.268 e. The quantitative estimate of drug-likeness (QED) is 0.361. The van der Waals surface area contributed by atoms with Crippen LogP contribution in [0.4, 0.5) is 10.5 Å². The van der Waals surface area contributed by atoms with Crippen LogP contribution in [-0.4, -0.2) is 21.0 Å². The lowest BCUT2D eigenvalue weighted by atomic mass is 10.1. The molecule has 27 heavy (non-hydrogen) atoms. The van der Waals surface area contributed by atoms with Gasteiger partial charge in [0, 0.05) is 16.1 Å². The first-order chi connectivity index (χ1) is 13.0. The van der Waals surface area contributed by atoms with E-state index in [9.17, 15) is 19.7 Å². The molecule has 1 aliphatic rings. The molecular formula is C19H13BrN2O4S. The number of thioether (sulfide) groups is 1. The molecule has 1 fully saturated rings. The van der Waals surface area contributed by atoms with Crippen LogP contribution in [0.2, 0.25) is 0 Å². The maximum Gasteiger partial charge on any atom is 0.293 e. The Hall–Kier alpha value is -2.71. The minimum absolute atomic E-state index is 0.115. The summed E-state index contributed by atoms with van der Waals surface area (Å²) in [6.45, 7) is -0.129. The van der Waals surface area contributed by atoms with Gasteiger partial charge in [0.2, 0.25) is 0 Å². The number of nitrogens with zero attached hydrogens (tertiary/aromatic N) is 2. The van der Waals surface area contributed by atoms with E-state index in [0.29, 0.717) is 5.56 Å². The summed E-state index contributed by atoms with van der Waals surface area (Å²) < 4.78 is 0.968. The maximum atomic E-state index is 12.5. The molecule has 3 rings (SSSR count). The molecule has 0 unspecified atom stereocenters. The third kappa shape index (κ3) is 4.53. The molecule has 0 atom stereocenters. The molecule has 0 aliphatic carbocycles. The minimum atomic E-state index is -0.523. The van der Waals surface area contributed by atoms with Gasteiger partial charge in [0.15, 0.2) is 0 Å². The molecule has 136 valence electrons. The summed E-state index contributed by atoms with van der Waals surface area (Å²) in [5.74, 6) is -0.455. The number of hydrogen-bond acceptors (Lipinski definition) is 5. The minimum Gasteiger partial charge on any atom is -0.268 e. The van der Waals surface area contributed by atoms with E-state index in [1.165, 1.54) is 6.07 Å². The molecule has 1 saturated heterocycles. The van der Waals surface area contributed by atoms with Crippen molar-refractivity contribution in [3.63, 3.8) is 0 Å². The number of imide groups is 1. The Morgan fingerprint density at radius 1 is 1.11 bits per heavy atom. The average Bonchev–Trinajstić information content (AvgIpc) is 2.91. The van der Waals surface area contributed by atoms with E-state index < -0.39 is 16.1 Å². The topological polar surface area (TPSA) is 80.5 Å². The third-order valence-electron chi connectivity index (χ3n) is 3.80. The lowest BCUT2D eigenvalue weighted by Crippen LogP contribution is -2.27. The van der Waals surface area contributed by atoms with E-state index in [4.69, 9.17) is 0 Å². The zero-order chi connectivity index (χ0) is 19.4. The highest BCUT2D eigenvalue weighted by Gasteiger charge is 2.35. The van der Waals surface area contributed by atoms with Crippen molar-refractivity contribution in [3.05, 3.63) is 91.3 Å². The van der Waals surface area contributed by atoms with Gasteiger partial charge in [0.25, 0.3) is 16.8 Å². The standard InChI is InChI=1S/C19H13BrN2O4S/c20-15-10-8-13(9-11-15)4-3-7-17-18(23)21(19(24)27-17)12-14-5-1-2-6-16(14)22(25)26/h1-11H,12H2/b4-3+,17-7-. The first-order valence-corrected chi connectivity index (χ1v) is 9.46. The predicted octanol–water partition coefficient (Wildman–Crippen LogP) is 5.15. The number of hydrogen-bond donors (Lipinski definition) is 0. The number of para-hydroxylation sites is 1. The molecule has 0 aromatic heterocycles. The van der Waals surface area contributed by atoms with Crippen molar-refractivity contribution in [2.75, 3.05) is 0 Å². The Kier molecular flexibility index (Phi) is 5.88. The Morgan fingerprint density at radius 3 is 2.52 bits per heavy atom. The van der Waals surface area contributed by atoms with Gasteiger partial charge in [-0.3, -0.25) is 24.6 Å². The Balaban J connectivity index is 1.75. The fourth-order valence-corrected chi connectivity index (χ4v) is 3.52. The first kappa shape index (κ1) is 19.1. The predicted molar refractivity (Wildman–Crippen MR) is 108 cm³/mol. The maximum absolute atomic E-state index is 12.5. The molecule has 8 heteroatoms. The van der Waals surface area contributed by atoms with Gasteiger partial charge in [-0.25, -0.2) is 0 Å². The Labute approximate surface area is 167 Å². The molecule has 6 nitrogen and oxygen atoms in total. The van der Waals surface area contributed by atoms with E-state index in [2.05, 4.69) is 15.9 Å². The van der Waals surface area contributed by atoms with Gasteiger partial charge in [-0.2, -0.15) is 0 Å². The van der Waals surface area contributed by atoms with Crippen molar-refractivity contribution < 1.29 is 14.5 Å². The molecule has 0 N–H and O–H groups in total. The van der Waals surface area contributed by atoms with Gasteiger partial charge in [-0.15, -0.1) is 0 Å². The summed E-state index contributed by atoms with van der Waals surface area (Å²) in [6.07, 6.45) is 5.10. The van der Waals surface area contributed by atoms with Crippen molar-refractivity contribution in [1.29, 1.82) is 0 Å². The molecule has 2 amide bonds. The van der Waals surface area contributed by atoms with E-state index in [1.807, 2.05) is 30.3 Å². The summed E-state index contributed by atoms with van der Waals surface area (Å²) in [6, 6.07) is 13.7. The van der Waals surface area contributed by atoms with Gasteiger partial charge in [-0.1, -0.05) is 58.4 Å². The fourth-order valence-electron chi connectivity index (χ4n) is 2.46. The summed E-state index contributed by atoms with van der Waals surface area (Å²) in [5.41, 5.74) is 1.15. The molecule has 2 aromatic carbocycles. The molecule has 1 aliphatic heterocycles. The van der Waals surface area contributed by atoms with Crippen LogP contribution in [0.15, 0.2) is 70.1 Å². The Morgan fingerprint density at radius 2 is 1.81 bits per heavy atom. The van der Waals surface area contributed by atoms with Gasteiger partial charge >= 0.3 is 0 Å². The van der Waals surface area contributed by atoms with Gasteiger partial charge in [0.05, 0.1) is 16.4 Å². The van der Waals surface area contributed by atoms with Crippen LogP contribution >= 0.6 is 27.7 Å². The highest BCUT2D eigenvalue weighted by molar-refractivity contribution is 9.10. The number of nitro groups is 1.